The van der Waals surface area contributed by atoms with Crippen molar-refractivity contribution in [2.24, 2.45) is 5.92 Å². The smallest absolute Gasteiger partial charge is 0.308 e. The summed E-state index contributed by atoms with van der Waals surface area (Å²) < 4.78 is 4.84. The number of rotatable bonds is 7. The molecule has 1 fully saturated rings. The number of β-amino-alcohol motifs (C(OH)–C–C–N with tert-alkyl or cyclic N) is 1. The Morgan fingerprint density at radius 2 is 1.68 bits per heavy atom. The summed E-state index contributed by atoms with van der Waals surface area (Å²) in [4.78, 5) is 15.9. The minimum absolute atomic E-state index is 0.0973. The van der Waals surface area contributed by atoms with Crippen molar-refractivity contribution in [3.05, 3.63) is 0 Å². The van der Waals surface area contributed by atoms with Crippen molar-refractivity contribution >= 4 is 5.97 Å². The number of nitrogens with zero attached hydrogens (tertiary/aromatic N) is 2. The first kappa shape index (κ1) is 16.4. The van der Waals surface area contributed by atoms with Crippen LogP contribution in [0.1, 0.15) is 27.2 Å². The second-order valence-electron chi connectivity index (χ2n) is 5.66. The van der Waals surface area contributed by atoms with Crippen molar-refractivity contribution in [1.82, 2.24) is 9.80 Å². The summed E-state index contributed by atoms with van der Waals surface area (Å²) in [5, 5.41) is 9.85. The van der Waals surface area contributed by atoms with Gasteiger partial charge in [-0.1, -0.05) is 13.8 Å². The summed E-state index contributed by atoms with van der Waals surface area (Å²) in [6.07, 6.45) is -0.518. The Morgan fingerprint density at radius 1 is 1.16 bits per heavy atom. The van der Waals surface area contributed by atoms with E-state index in [0.717, 1.165) is 32.7 Å². The molecule has 1 atom stereocenters. The van der Waals surface area contributed by atoms with E-state index in [9.17, 15) is 9.90 Å². The number of esters is 1. The van der Waals surface area contributed by atoms with Crippen molar-refractivity contribution in [3.63, 3.8) is 0 Å². The number of carbonyl (C=O) groups excluding carboxylic acids is 1. The molecule has 0 aliphatic carbocycles. The molecular formula is C14H28N2O3. The van der Waals surface area contributed by atoms with E-state index in [4.69, 9.17) is 4.74 Å². The third kappa shape index (κ3) is 6.89. The minimum atomic E-state index is -0.615. The average Bonchev–Trinajstić information content (AvgIpc) is 2.31. The molecule has 0 bridgehead atoms. The Kier molecular flexibility index (Phi) is 7.34. The van der Waals surface area contributed by atoms with Crippen molar-refractivity contribution in [2.45, 2.75) is 33.3 Å². The highest BCUT2D eigenvalue weighted by molar-refractivity contribution is 5.69. The van der Waals surface area contributed by atoms with Crippen LogP contribution < -0.4 is 0 Å². The summed E-state index contributed by atoms with van der Waals surface area (Å²) in [5.74, 6) is 0.384. The minimum Gasteiger partial charge on any atom is -0.466 e. The highest BCUT2D eigenvalue weighted by atomic mass is 16.5. The molecule has 1 N–H and O–H groups in total. The SMILES string of the molecule is CCOC(=O)CC(O)CN1CCN(CC(C)C)CC1. The lowest BCUT2D eigenvalue weighted by molar-refractivity contribution is -0.145. The first-order valence-corrected chi connectivity index (χ1v) is 7.29. The van der Waals surface area contributed by atoms with Crippen LogP contribution in [0.5, 0.6) is 0 Å². The molecule has 1 unspecified atom stereocenters. The number of hydrogen-bond donors (Lipinski definition) is 1. The lowest BCUT2D eigenvalue weighted by atomic mass is 10.1. The Hall–Kier alpha value is -0.650. The van der Waals surface area contributed by atoms with Gasteiger partial charge in [0.25, 0.3) is 0 Å². The summed E-state index contributed by atoms with van der Waals surface area (Å²) in [6, 6.07) is 0. The predicted octanol–water partition coefficient (Wildman–Crippen LogP) is 0.574. The van der Waals surface area contributed by atoms with E-state index in [-0.39, 0.29) is 12.4 Å². The van der Waals surface area contributed by atoms with Crippen molar-refractivity contribution in [1.29, 1.82) is 0 Å². The van der Waals surface area contributed by atoms with Crippen molar-refractivity contribution in [3.8, 4) is 0 Å². The highest BCUT2D eigenvalue weighted by Crippen LogP contribution is 2.07. The van der Waals surface area contributed by atoms with Crippen LogP contribution >= 0.6 is 0 Å². The molecule has 0 aromatic heterocycles. The number of ether oxygens (including phenoxy) is 1. The number of aliphatic hydroxyl groups is 1. The number of hydrogen-bond acceptors (Lipinski definition) is 5. The average molecular weight is 272 g/mol. The van der Waals surface area contributed by atoms with Crippen LogP contribution in [0.25, 0.3) is 0 Å². The molecule has 0 saturated carbocycles. The van der Waals surface area contributed by atoms with Gasteiger partial charge in [-0.25, -0.2) is 0 Å². The molecule has 19 heavy (non-hydrogen) atoms. The topological polar surface area (TPSA) is 53.0 Å². The molecule has 0 amide bonds. The number of aliphatic hydroxyl groups excluding tert-OH is 1. The highest BCUT2D eigenvalue weighted by Gasteiger charge is 2.21. The van der Waals surface area contributed by atoms with Crippen molar-refractivity contribution in [2.75, 3.05) is 45.9 Å². The molecule has 1 rings (SSSR count). The van der Waals surface area contributed by atoms with Crippen LogP contribution in [0.15, 0.2) is 0 Å². The Bertz CT molecular complexity index is 263. The Morgan fingerprint density at radius 3 is 2.16 bits per heavy atom. The largest absolute Gasteiger partial charge is 0.466 e. The van der Waals surface area contributed by atoms with Crippen LogP contribution in [0.2, 0.25) is 0 Å². The van der Waals surface area contributed by atoms with E-state index >= 15 is 0 Å². The monoisotopic (exact) mass is 272 g/mol. The lowest BCUT2D eigenvalue weighted by Gasteiger charge is -2.36. The van der Waals surface area contributed by atoms with Crippen molar-refractivity contribution < 1.29 is 14.6 Å². The van der Waals surface area contributed by atoms with Crippen LogP contribution in [-0.2, 0) is 9.53 Å². The van der Waals surface area contributed by atoms with E-state index in [2.05, 4.69) is 23.6 Å². The fourth-order valence-corrected chi connectivity index (χ4v) is 2.45. The van der Waals surface area contributed by atoms with Gasteiger partial charge in [0.15, 0.2) is 0 Å². The van der Waals surface area contributed by atoms with Gasteiger partial charge in [-0.2, -0.15) is 0 Å². The molecule has 1 saturated heterocycles. The van der Waals surface area contributed by atoms with Gasteiger partial charge in [0.1, 0.15) is 0 Å². The molecule has 1 aliphatic rings. The summed E-state index contributed by atoms with van der Waals surface area (Å²) in [6.45, 7) is 12.3. The molecule has 0 aromatic carbocycles. The van der Waals surface area contributed by atoms with Gasteiger partial charge in [0, 0.05) is 39.3 Å². The quantitative estimate of drug-likeness (QED) is 0.687. The summed E-state index contributed by atoms with van der Waals surface area (Å²) >= 11 is 0. The molecule has 5 heteroatoms. The van der Waals surface area contributed by atoms with Gasteiger partial charge in [-0.15, -0.1) is 0 Å². The fourth-order valence-electron chi connectivity index (χ4n) is 2.45. The maximum absolute atomic E-state index is 11.3. The van der Waals surface area contributed by atoms with E-state index in [1.807, 2.05) is 0 Å². The van der Waals surface area contributed by atoms with Gasteiger partial charge >= 0.3 is 5.97 Å². The van der Waals surface area contributed by atoms with Crippen LogP contribution in [-0.4, -0.2) is 72.9 Å². The van der Waals surface area contributed by atoms with Crippen LogP contribution in [0.4, 0.5) is 0 Å². The molecule has 1 aliphatic heterocycles. The Balaban J connectivity index is 2.19. The van der Waals surface area contributed by atoms with E-state index in [1.165, 1.54) is 0 Å². The van der Waals surface area contributed by atoms with Crippen LogP contribution in [0, 0.1) is 5.92 Å². The molecular weight excluding hydrogens is 244 g/mol. The van der Waals surface area contributed by atoms with Gasteiger partial charge in [0.2, 0.25) is 0 Å². The van der Waals surface area contributed by atoms with Crippen LogP contribution in [0.3, 0.4) is 0 Å². The summed E-state index contributed by atoms with van der Waals surface area (Å²) in [7, 11) is 0. The van der Waals surface area contributed by atoms with Gasteiger partial charge in [-0.3, -0.25) is 9.69 Å². The molecule has 5 nitrogen and oxygen atoms in total. The molecule has 0 spiro atoms. The van der Waals surface area contributed by atoms with Gasteiger partial charge in [0.05, 0.1) is 19.1 Å². The fraction of sp³-hybridized carbons (Fsp3) is 0.929. The lowest BCUT2D eigenvalue weighted by Crippen LogP contribution is -2.49. The maximum Gasteiger partial charge on any atom is 0.308 e. The first-order valence-electron chi connectivity index (χ1n) is 7.29. The van der Waals surface area contributed by atoms with E-state index < -0.39 is 6.10 Å². The number of piperazine rings is 1. The molecule has 0 aromatic rings. The normalized spacial score (nSPS) is 19.6. The van der Waals surface area contributed by atoms with Gasteiger partial charge in [-0.05, 0) is 12.8 Å². The standard InChI is InChI=1S/C14H28N2O3/c1-4-19-14(18)9-13(17)11-16-7-5-15(6-8-16)10-12(2)3/h12-13,17H,4-11H2,1-3H3. The zero-order valence-electron chi connectivity index (χ0n) is 12.5. The second kappa shape index (κ2) is 8.51. The number of carbonyl (C=O) groups is 1. The van der Waals surface area contributed by atoms with E-state index in [1.54, 1.807) is 6.92 Å². The maximum atomic E-state index is 11.3. The zero-order valence-corrected chi connectivity index (χ0v) is 12.5. The summed E-state index contributed by atoms with van der Waals surface area (Å²) in [5.41, 5.74) is 0. The van der Waals surface area contributed by atoms with Gasteiger partial charge < -0.3 is 14.7 Å². The molecule has 112 valence electrons. The zero-order chi connectivity index (χ0) is 14.3. The molecule has 0 radical (unpaired) electrons. The predicted molar refractivity (Wildman–Crippen MR) is 75.0 cm³/mol. The third-order valence-electron chi connectivity index (χ3n) is 3.26. The van der Waals surface area contributed by atoms with E-state index in [0.29, 0.717) is 19.1 Å². The second-order valence-corrected chi connectivity index (χ2v) is 5.66. The third-order valence-corrected chi connectivity index (χ3v) is 3.26. The Labute approximate surface area is 116 Å². The molecule has 1 heterocycles. The first-order chi connectivity index (χ1) is 9.01.